The predicted octanol–water partition coefficient (Wildman–Crippen LogP) is 6.84. The first-order valence-corrected chi connectivity index (χ1v) is 11.1. The fraction of sp³-hybridized carbons (Fsp3) is 0.480. The lowest BCUT2D eigenvalue weighted by Crippen LogP contribution is -2.35. The highest BCUT2D eigenvalue weighted by atomic mass is 16.6. The fourth-order valence-corrected chi connectivity index (χ4v) is 3.55. The Labute approximate surface area is 174 Å². The number of fused-ring (bicyclic) bond motifs is 1. The smallest absolute Gasteiger partial charge is 0.400 e. The molecule has 0 saturated carbocycles. The third kappa shape index (κ3) is 6.33. The highest BCUT2D eigenvalue weighted by molar-refractivity contribution is 5.72. The van der Waals surface area contributed by atoms with E-state index in [1.54, 1.807) is 0 Å². The van der Waals surface area contributed by atoms with Crippen molar-refractivity contribution in [3.63, 3.8) is 0 Å². The Balaban J connectivity index is 1.52. The summed E-state index contributed by atoms with van der Waals surface area (Å²) in [4.78, 5) is 7.03. The number of hydrogen-bond acceptors (Lipinski definition) is 4. The van der Waals surface area contributed by atoms with Crippen LogP contribution in [-0.4, -0.2) is 29.0 Å². The second-order valence-electron chi connectivity index (χ2n) is 7.82. The molecule has 0 aliphatic carbocycles. The molecule has 2 aromatic carbocycles. The van der Waals surface area contributed by atoms with Gasteiger partial charge in [0.2, 0.25) is 0 Å². The Kier molecular flexibility index (Phi) is 8.12. The number of oxazole rings is 1. The summed E-state index contributed by atoms with van der Waals surface area (Å²) in [6.45, 7) is 9.35. The topological polar surface area (TPSA) is 38.5 Å². The van der Waals surface area contributed by atoms with Crippen molar-refractivity contribution >= 4 is 11.1 Å². The Morgan fingerprint density at radius 2 is 1.66 bits per heavy atom. The third-order valence-corrected chi connectivity index (χ3v) is 5.47. The van der Waals surface area contributed by atoms with Crippen molar-refractivity contribution in [2.45, 2.75) is 65.3 Å². The molecule has 1 unspecified atom stereocenters. The molecule has 4 heteroatoms. The molecule has 0 spiro atoms. The van der Waals surface area contributed by atoms with Crippen LogP contribution in [-0.2, 0) is 6.42 Å². The first kappa shape index (κ1) is 21.4. The van der Waals surface area contributed by atoms with Gasteiger partial charge in [0.25, 0.3) is 0 Å². The number of aryl methyl sites for hydroxylation is 1. The lowest BCUT2D eigenvalue weighted by molar-refractivity contribution is 0.194. The number of para-hydroxylation sites is 2. The molecule has 156 valence electrons. The van der Waals surface area contributed by atoms with Gasteiger partial charge in [0.1, 0.15) is 11.3 Å². The number of hydrogen-bond donors (Lipinski definition) is 0. The van der Waals surface area contributed by atoms with E-state index < -0.39 is 0 Å². The number of ether oxygens (including phenoxy) is 1. The number of rotatable bonds is 12. The largest absolute Gasteiger partial charge is 0.411 e. The van der Waals surface area contributed by atoms with E-state index in [4.69, 9.17) is 9.15 Å². The SMILES string of the molecule is CCCCN(CCCC)C(C)CCc1ccc(Oc2nc3ccccc3o2)cc1. The summed E-state index contributed by atoms with van der Waals surface area (Å²) in [6, 6.07) is 16.6. The van der Waals surface area contributed by atoms with Gasteiger partial charge in [0.05, 0.1) is 0 Å². The fourth-order valence-electron chi connectivity index (χ4n) is 3.55. The summed E-state index contributed by atoms with van der Waals surface area (Å²) < 4.78 is 11.4. The number of aromatic nitrogens is 1. The monoisotopic (exact) mass is 394 g/mol. The summed E-state index contributed by atoms with van der Waals surface area (Å²) in [6.07, 6.45) is 7.65. The van der Waals surface area contributed by atoms with Crippen molar-refractivity contribution < 1.29 is 9.15 Å². The maximum Gasteiger partial charge on any atom is 0.400 e. The minimum Gasteiger partial charge on any atom is -0.411 e. The van der Waals surface area contributed by atoms with Crippen molar-refractivity contribution in [3.05, 3.63) is 54.1 Å². The van der Waals surface area contributed by atoms with Gasteiger partial charge in [-0.2, -0.15) is 4.98 Å². The molecular formula is C25H34N2O2. The van der Waals surface area contributed by atoms with Gasteiger partial charge in [-0.05, 0) is 75.5 Å². The van der Waals surface area contributed by atoms with Crippen molar-refractivity contribution in [3.8, 4) is 11.8 Å². The normalized spacial score (nSPS) is 12.6. The van der Waals surface area contributed by atoms with Crippen LogP contribution in [0.2, 0.25) is 0 Å². The van der Waals surface area contributed by atoms with Gasteiger partial charge in [0.15, 0.2) is 5.58 Å². The molecule has 3 aromatic rings. The zero-order valence-electron chi connectivity index (χ0n) is 18.1. The summed E-state index contributed by atoms with van der Waals surface area (Å²) in [5.41, 5.74) is 2.89. The van der Waals surface area contributed by atoms with Gasteiger partial charge in [-0.25, -0.2) is 0 Å². The van der Waals surface area contributed by atoms with Crippen LogP contribution in [0.15, 0.2) is 52.9 Å². The Bertz CT molecular complexity index is 816. The molecule has 1 atom stereocenters. The van der Waals surface area contributed by atoms with E-state index >= 15 is 0 Å². The molecule has 29 heavy (non-hydrogen) atoms. The van der Waals surface area contributed by atoms with Gasteiger partial charge in [-0.1, -0.05) is 51.0 Å². The molecule has 0 radical (unpaired) electrons. The molecule has 0 amide bonds. The van der Waals surface area contributed by atoms with E-state index in [2.05, 4.69) is 42.8 Å². The summed E-state index contributed by atoms with van der Waals surface area (Å²) in [5.74, 6) is 0.751. The molecule has 3 rings (SSSR count). The first-order chi connectivity index (χ1) is 14.2. The van der Waals surface area contributed by atoms with E-state index in [-0.39, 0.29) is 6.08 Å². The molecule has 0 N–H and O–H groups in total. The zero-order valence-corrected chi connectivity index (χ0v) is 18.1. The predicted molar refractivity (Wildman–Crippen MR) is 120 cm³/mol. The number of benzene rings is 2. The van der Waals surface area contributed by atoms with Gasteiger partial charge in [-0.15, -0.1) is 0 Å². The van der Waals surface area contributed by atoms with Gasteiger partial charge in [0, 0.05) is 6.04 Å². The molecule has 1 aromatic heterocycles. The minimum absolute atomic E-state index is 0.287. The lowest BCUT2D eigenvalue weighted by Gasteiger charge is -2.29. The molecule has 0 aliphatic rings. The standard InChI is InChI=1S/C25H34N2O2/c1-4-6-18-27(19-7-5-2)20(3)12-13-21-14-16-22(17-15-21)28-25-26-23-10-8-9-11-24(23)29-25/h8-11,14-17,20H,4-7,12-13,18-19H2,1-3H3. The van der Waals surface area contributed by atoms with E-state index in [1.807, 2.05) is 36.4 Å². The van der Waals surface area contributed by atoms with Crippen LogP contribution < -0.4 is 4.74 Å². The van der Waals surface area contributed by atoms with Crippen LogP contribution in [0.4, 0.5) is 0 Å². The van der Waals surface area contributed by atoms with Crippen LogP contribution >= 0.6 is 0 Å². The zero-order chi connectivity index (χ0) is 20.5. The van der Waals surface area contributed by atoms with Crippen LogP contribution in [0, 0.1) is 0 Å². The number of nitrogens with zero attached hydrogens (tertiary/aromatic N) is 2. The van der Waals surface area contributed by atoms with E-state index in [1.165, 1.54) is 50.8 Å². The second kappa shape index (κ2) is 11.0. The van der Waals surface area contributed by atoms with Crippen LogP contribution in [0.1, 0.15) is 58.4 Å². The van der Waals surface area contributed by atoms with Crippen molar-refractivity contribution in [2.24, 2.45) is 0 Å². The van der Waals surface area contributed by atoms with Crippen LogP contribution in [0.25, 0.3) is 11.1 Å². The maximum absolute atomic E-state index is 5.78. The van der Waals surface area contributed by atoms with Crippen molar-refractivity contribution in [2.75, 3.05) is 13.1 Å². The Hall–Kier alpha value is -2.33. The van der Waals surface area contributed by atoms with Crippen LogP contribution in [0.5, 0.6) is 11.8 Å². The lowest BCUT2D eigenvalue weighted by atomic mass is 10.0. The molecule has 0 saturated heterocycles. The molecular weight excluding hydrogens is 360 g/mol. The summed E-state index contributed by atoms with van der Waals surface area (Å²) in [7, 11) is 0. The average molecular weight is 395 g/mol. The van der Waals surface area contributed by atoms with Crippen LogP contribution in [0.3, 0.4) is 0 Å². The summed E-state index contributed by atoms with van der Waals surface area (Å²) >= 11 is 0. The molecule has 0 aliphatic heterocycles. The van der Waals surface area contributed by atoms with E-state index in [0.29, 0.717) is 6.04 Å². The molecule has 0 bridgehead atoms. The molecule has 1 heterocycles. The van der Waals surface area contributed by atoms with Gasteiger partial charge in [-0.3, -0.25) is 0 Å². The highest BCUT2D eigenvalue weighted by Crippen LogP contribution is 2.25. The van der Waals surface area contributed by atoms with Gasteiger partial charge >= 0.3 is 6.08 Å². The van der Waals surface area contributed by atoms with E-state index in [0.717, 1.165) is 23.3 Å². The molecule has 4 nitrogen and oxygen atoms in total. The minimum atomic E-state index is 0.287. The first-order valence-electron chi connectivity index (χ1n) is 11.1. The highest BCUT2D eigenvalue weighted by Gasteiger charge is 2.13. The quantitative estimate of drug-likeness (QED) is 0.337. The maximum atomic E-state index is 5.78. The van der Waals surface area contributed by atoms with Crippen molar-refractivity contribution in [1.29, 1.82) is 0 Å². The van der Waals surface area contributed by atoms with E-state index in [9.17, 15) is 0 Å². The van der Waals surface area contributed by atoms with Crippen molar-refractivity contribution in [1.82, 2.24) is 9.88 Å². The Morgan fingerprint density at radius 3 is 2.31 bits per heavy atom. The van der Waals surface area contributed by atoms with Gasteiger partial charge < -0.3 is 14.1 Å². The average Bonchev–Trinajstić information content (AvgIpc) is 3.15. The third-order valence-electron chi connectivity index (χ3n) is 5.47. The summed E-state index contributed by atoms with van der Waals surface area (Å²) in [5, 5.41) is 0. The number of unbranched alkanes of at least 4 members (excludes halogenated alkanes) is 2. The Morgan fingerprint density at radius 1 is 0.966 bits per heavy atom. The molecule has 0 fully saturated rings. The second-order valence-corrected chi connectivity index (χ2v) is 7.82.